The van der Waals surface area contributed by atoms with Crippen LogP contribution in [0.1, 0.15) is 59.7 Å². The number of nitrogens with one attached hydrogen (secondary N) is 1. The Hall–Kier alpha value is -1.19. The molecule has 1 N–H and O–H groups in total. The number of rotatable bonds is 6. The van der Waals surface area contributed by atoms with Crippen molar-refractivity contribution in [3.63, 3.8) is 0 Å². The van der Waals surface area contributed by atoms with Crippen LogP contribution in [0.3, 0.4) is 0 Å². The Balaban J connectivity index is 1.55. The maximum absolute atomic E-state index is 4.50. The normalized spacial score (nSPS) is 16.3. The minimum absolute atomic E-state index is 0.323. The molecule has 1 fully saturated rings. The molecular formula is C17H22N2S. The molecule has 1 heterocycles. The molecule has 2 nitrogen and oxygen atoms in total. The fourth-order valence-electron chi connectivity index (χ4n) is 2.37. The van der Waals surface area contributed by atoms with Crippen LogP contribution in [-0.2, 0) is 13.0 Å². The monoisotopic (exact) mass is 286 g/mol. The van der Waals surface area contributed by atoms with E-state index in [1.165, 1.54) is 33.9 Å². The summed E-state index contributed by atoms with van der Waals surface area (Å²) in [6, 6.07) is 9.42. The molecule has 0 aliphatic heterocycles. The Labute approximate surface area is 125 Å². The van der Waals surface area contributed by atoms with E-state index in [9.17, 15) is 0 Å². The molecule has 0 spiro atoms. The van der Waals surface area contributed by atoms with Gasteiger partial charge in [-0.3, -0.25) is 0 Å². The highest BCUT2D eigenvalue weighted by atomic mass is 32.1. The summed E-state index contributed by atoms with van der Waals surface area (Å²) in [5, 5.41) is 4.76. The predicted molar refractivity (Wildman–Crippen MR) is 85.2 cm³/mol. The minimum atomic E-state index is 0.323. The molecule has 2 aromatic rings. The molecule has 1 atom stereocenters. The first-order chi connectivity index (χ1) is 9.76. The molecule has 1 aromatic carbocycles. The third-order valence-corrected chi connectivity index (χ3v) is 5.26. The zero-order valence-corrected chi connectivity index (χ0v) is 13.0. The van der Waals surface area contributed by atoms with Gasteiger partial charge >= 0.3 is 0 Å². The molecule has 1 unspecified atom stereocenters. The molecule has 1 aliphatic carbocycles. The average molecular weight is 286 g/mol. The van der Waals surface area contributed by atoms with Crippen LogP contribution >= 0.6 is 11.3 Å². The van der Waals surface area contributed by atoms with E-state index >= 15 is 0 Å². The summed E-state index contributed by atoms with van der Waals surface area (Å²) in [6.45, 7) is 5.28. The van der Waals surface area contributed by atoms with E-state index in [0.717, 1.165) is 18.9 Å². The van der Waals surface area contributed by atoms with Crippen LogP contribution in [0.4, 0.5) is 0 Å². The van der Waals surface area contributed by atoms with Crippen LogP contribution in [0.15, 0.2) is 30.5 Å². The van der Waals surface area contributed by atoms with Gasteiger partial charge in [-0.15, -0.1) is 11.3 Å². The Kier molecular flexibility index (Phi) is 4.18. The number of aromatic nitrogens is 1. The van der Waals surface area contributed by atoms with Gasteiger partial charge < -0.3 is 5.32 Å². The number of nitrogens with zero attached hydrogens (tertiary/aromatic N) is 1. The first-order valence-corrected chi connectivity index (χ1v) is 8.34. The minimum Gasteiger partial charge on any atom is -0.304 e. The smallest absolute Gasteiger partial charge is 0.109 e. The fourth-order valence-corrected chi connectivity index (χ4v) is 3.25. The fraction of sp³-hybridized carbons (Fsp3) is 0.471. The van der Waals surface area contributed by atoms with Crippen molar-refractivity contribution < 1.29 is 0 Å². The molecule has 0 radical (unpaired) electrons. The summed E-state index contributed by atoms with van der Waals surface area (Å²) < 4.78 is 0. The quantitative estimate of drug-likeness (QED) is 0.849. The van der Waals surface area contributed by atoms with Crippen molar-refractivity contribution in [1.29, 1.82) is 0 Å². The molecule has 1 aliphatic rings. The number of hydrogen-bond acceptors (Lipinski definition) is 3. The third kappa shape index (κ3) is 3.28. The van der Waals surface area contributed by atoms with E-state index in [-0.39, 0.29) is 0 Å². The van der Waals surface area contributed by atoms with E-state index < -0.39 is 0 Å². The van der Waals surface area contributed by atoms with Gasteiger partial charge in [0.15, 0.2) is 0 Å². The average Bonchev–Trinajstić information content (AvgIpc) is 3.22. The highest BCUT2D eigenvalue weighted by Crippen LogP contribution is 2.39. The predicted octanol–water partition coefficient (Wildman–Crippen LogP) is 4.43. The molecule has 3 heteroatoms. The Morgan fingerprint density at radius 1 is 1.30 bits per heavy atom. The first-order valence-electron chi connectivity index (χ1n) is 7.53. The van der Waals surface area contributed by atoms with Crippen molar-refractivity contribution in [3.8, 4) is 0 Å². The van der Waals surface area contributed by atoms with Crippen molar-refractivity contribution in [2.45, 2.75) is 51.6 Å². The summed E-state index contributed by atoms with van der Waals surface area (Å²) in [5.74, 6) is 0.846. The molecule has 1 aromatic heterocycles. The van der Waals surface area contributed by atoms with Gasteiger partial charge in [0.1, 0.15) is 5.01 Å². The maximum atomic E-state index is 4.50. The summed E-state index contributed by atoms with van der Waals surface area (Å²) in [5.41, 5.74) is 2.86. The molecule has 0 saturated heterocycles. The van der Waals surface area contributed by atoms with E-state index in [0.29, 0.717) is 6.04 Å². The summed E-state index contributed by atoms with van der Waals surface area (Å²) in [6.07, 6.45) is 5.83. The number of aryl methyl sites for hydroxylation is 1. The Bertz CT molecular complexity index is 555. The molecule has 0 bridgehead atoms. The molecule has 0 amide bonds. The van der Waals surface area contributed by atoms with Gasteiger partial charge in [-0.05, 0) is 43.2 Å². The largest absolute Gasteiger partial charge is 0.304 e. The Morgan fingerprint density at radius 3 is 2.65 bits per heavy atom. The van der Waals surface area contributed by atoms with Gasteiger partial charge in [0, 0.05) is 17.6 Å². The molecular weight excluding hydrogens is 264 g/mol. The lowest BCUT2D eigenvalue weighted by Gasteiger charge is -2.11. The first kappa shape index (κ1) is 13.8. The summed E-state index contributed by atoms with van der Waals surface area (Å²) in [7, 11) is 0. The van der Waals surface area contributed by atoms with Gasteiger partial charge in [-0.25, -0.2) is 4.98 Å². The topological polar surface area (TPSA) is 24.9 Å². The van der Waals surface area contributed by atoms with E-state index in [4.69, 9.17) is 0 Å². The van der Waals surface area contributed by atoms with Crippen molar-refractivity contribution in [3.05, 3.63) is 51.5 Å². The zero-order valence-electron chi connectivity index (χ0n) is 12.2. The van der Waals surface area contributed by atoms with Gasteiger partial charge in [-0.1, -0.05) is 31.2 Å². The standard InChI is InChI=1S/C17H22N2S/c1-3-16-11-19-17(20-16)12(2)18-10-13-4-6-14(7-5-13)15-8-9-15/h4-7,11-12,15,18H,3,8-10H2,1-2H3. The molecule has 1 saturated carbocycles. The number of benzene rings is 1. The molecule has 20 heavy (non-hydrogen) atoms. The Morgan fingerprint density at radius 2 is 2.05 bits per heavy atom. The van der Waals surface area contributed by atoms with Crippen LogP contribution in [-0.4, -0.2) is 4.98 Å². The zero-order chi connectivity index (χ0) is 13.9. The highest BCUT2D eigenvalue weighted by Gasteiger charge is 2.22. The van der Waals surface area contributed by atoms with E-state index in [1.807, 2.05) is 17.5 Å². The van der Waals surface area contributed by atoms with Gasteiger partial charge in [0.25, 0.3) is 0 Å². The molecule has 3 rings (SSSR count). The van der Waals surface area contributed by atoms with Crippen LogP contribution in [0.2, 0.25) is 0 Å². The van der Waals surface area contributed by atoms with Crippen molar-refractivity contribution in [1.82, 2.24) is 10.3 Å². The van der Waals surface area contributed by atoms with Gasteiger partial charge in [0.05, 0.1) is 6.04 Å². The van der Waals surface area contributed by atoms with Crippen molar-refractivity contribution in [2.24, 2.45) is 0 Å². The van der Waals surface area contributed by atoms with Crippen molar-refractivity contribution in [2.75, 3.05) is 0 Å². The number of thiazole rings is 1. The third-order valence-electron chi connectivity index (χ3n) is 3.93. The van der Waals surface area contributed by atoms with Crippen LogP contribution in [0.25, 0.3) is 0 Å². The number of hydrogen-bond donors (Lipinski definition) is 1. The van der Waals surface area contributed by atoms with Crippen LogP contribution < -0.4 is 5.32 Å². The van der Waals surface area contributed by atoms with Gasteiger partial charge in [0.2, 0.25) is 0 Å². The summed E-state index contributed by atoms with van der Waals surface area (Å²) >= 11 is 1.82. The van der Waals surface area contributed by atoms with Crippen LogP contribution in [0, 0.1) is 0 Å². The van der Waals surface area contributed by atoms with E-state index in [1.54, 1.807) is 0 Å². The second kappa shape index (κ2) is 6.06. The SMILES string of the molecule is CCc1cnc(C(C)NCc2ccc(C3CC3)cc2)s1. The highest BCUT2D eigenvalue weighted by molar-refractivity contribution is 7.11. The summed E-state index contributed by atoms with van der Waals surface area (Å²) in [4.78, 5) is 5.86. The van der Waals surface area contributed by atoms with Crippen molar-refractivity contribution >= 4 is 11.3 Å². The van der Waals surface area contributed by atoms with Gasteiger partial charge in [-0.2, -0.15) is 0 Å². The second-order valence-corrected chi connectivity index (χ2v) is 6.78. The van der Waals surface area contributed by atoms with Crippen LogP contribution in [0.5, 0.6) is 0 Å². The second-order valence-electron chi connectivity index (χ2n) is 5.64. The maximum Gasteiger partial charge on any atom is 0.109 e. The van der Waals surface area contributed by atoms with E-state index in [2.05, 4.69) is 48.4 Å². The lowest BCUT2D eigenvalue weighted by molar-refractivity contribution is 0.572. The lowest BCUT2D eigenvalue weighted by Crippen LogP contribution is -2.17. The lowest BCUT2D eigenvalue weighted by atomic mass is 10.1. The molecule has 106 valence electrons.